The first kappa shape index (κ1) is 26.7. The van der Waals surface area contributed by atoms with Crippen LogP contribution in [0.15, 0.2) is 54.6 Å². The summed E-state index contributed by atoms with van der Waals surface area (Å²) in [7, 11) is 0. The molecule has 0 bridgehead atoms. The average molecular weight is 565 g/mol. The molecule has 0 radical (unpaired) electrons. The van der Waals surface area contributed by atoms with E-state index in [2.05, 4.69) is 9.47 Å². The Balaban J connectivity index is 1.11. The number of aromatic carboxylic acids is 1. The monoisotopic (exact) mass is 564 g/mol. The highest BCUT2D eigenvalue weighted by atomic mass is 35.5. The molecule has 2 fully saturated rings. The number of carboxylic acids is 1. The van der Waals surface area contributed by atoms with Gasteiger partial charge in [-0.2, -0.15) is 0 Å². The molecule has 2 aliphatic rings. The number of hydrogen-bond acceptors (Lipinski definition) is 6. The fourth-order valence-corrected chi connectivity index (χ4v) is 5.54. The number of carbonyl (C=O) groups is 1. The normalized spacial score (nSPS) is 18.1. The Labute approximate surface area is 236 Å². The highest BCUT2D eigenvalue weighted by Gasteiger charge is 2.26. The Hall–Kier alpha value is -3.53. The van der Waals surface area contributed by atoms with Crippen molar-refractivity contribution in [2.45, 2.75) is 51.0 Å². The van der Waals surface area contributed by atoms with Crippen LogP contribution >= 0.6 is 11.6 Å². The molecule has 1 atom stereocenters. The van der Waals surface area contributed by atoms with Gasteiger partial charge in [0, 0.05) is 34.9 Å². The minimum Gasteiger partial charge on any atom is -0.478 e. The molecule has 0 aliphatic carbocycles. The summed E-state index contributed by atoms with van der Waals surface area (Å²) in [5.74, 6) is 0.356. The van der Waals surface area contributed by atoms with Gasteiger partial charge in [-0.15, -0.1) is 0 Å². The lowest BCUT2D eigenvalue weighted by Gasteiger charge is -2.32. The summed E-state index contributed by atoms with van der Waals surface area (Å²) >= 11 is 5.84. The molecule has 0 saturated carbocycles. The number of pyridine rings is 1. The molecule has 4 heterocycles. The first-order valence-electron chi connectivity index (χ1n) is 13.5. The van der Waals surface area contributed by atoms with Gasteiger partial charge in [-0.05, 0) is 68.8 Å². The van der Waals surface area contributed by atoms with Gasteiger partial charge in [0.15, 0.2) is 0 Å². The number of imidazole rings is 1. The van der Waals surface area contributed by atoms with Gasteiger partial charge in [0.25, 0.3) is 0 Å². The fraction of sp³-hybridized carbons (Fsp3) is 0.367. The molecule has 10 heteroatoms. The maximum absolute atomic E-state index is 14.1. The van der Waals surface area contributed by atoms with Crippen molar-refractivity contribution in [2.24, 2.45) is 0 Å². The van der Waals surface area contributed by atoms with Crippen LogP contribution in [0.25, 0.3) is 11.0 Å². The number of benzene rings is 2. The van der Waals surface area contributed by atoms with Crippen LogP contribution in [-0.4, -0.2) is 56.3 Å². The van der Waals surface area contributed by atoms with Gasteiger partial charge in [-0.1, -0.05) is 23.7 Å². The minimum absolute atomic E-state index is 0.0821. The van der Waals surface area contributed by atoms with E-state index in [9.17, 15) is 14.3 Å². The molecule has 208 valence electrons. The lowest BCUT2D eigenvalue weighted by Crippen LogP contribution is -2.35. The molecule has 6 rings (SSSR count). The predicted octanol–water partition coefficient (Wildman–Crippen LogP) is 5.67. The van der Waals surface area contributed by atoms with Crippen molar-refractivity contribution >= 4 is 28.6 Å². The van der Waals surface area contributed by atoms with Crippen molar-refractivity contribution in [2.75, 3.05) is 19.7 Å². The fourth-order valence-electron chi connectivity index (χ4n) is 5.38. The van der Waals surface area contributed by atoms with Crippen LogP contribution in [0, 0.1) is 5.82 Å². The Morgan fingerprint density at radius 3 is 2.65 bits per heavy atom. The molecule has 0 amide bonds. The van der Waals surface area contributed by atoms with Crippen LogP contribution in [0.3, 0.4) is 0 Å². The average Bonchev–Trinajstić information content (AvgIpc) is 3.26. The van der Waals surface area contributed by atoms with Gasteiger partial charge in [-0.3, -0.25) is 4.90 Å². The Kier molecular flexibility index (Phi) is 7.69. The third kappa shape index (κ3) is 5.82. The number of fused-ring (bicyclic) bond motifs is 1. The maximum Gasteiger partial charge on any atom is 0.335 e. The highest BCUT2D eigenvalue weighted by Crippen LogP contribution is 2.30. The van der Waals surface area contributed by atoms with E-state index in [1.54, 1.807) is 36.4 Å². The van der Waals surface area contributed by atoms with Crippen molar-refractivity contribution in [1.29, 1.82) is 0 Å². The van der Waals surface area contributed by atoms with Crippen molar-refractivity contribution in [3.8, 4) is 5.88 Å². The van der Waals surface area contributed by atoms with Crippen LogP contribution < -0.4 is 4.74 Å². The van der Waals surface area contributed by atoms with Crippen molar-refractivity contribution < 1.29 is 23.8 Å². The van der Waals surface area contributed by atoms with Crippen LogP contribution in [0.1, 0.15) is 52.6 Å². The number of nitrogens with zero attached hydrogens (tertiary/aromatic N) is 4. The molecule has 2 aliphatic heterocycles. The standard InChI is InChI=1S/C30H30ClFN4O4/c31-22-6-4-21(24(32)15-22)18-40-29-3-1-2-25(34-29)19-8-11-35(12-9-19)17-28-33-26-7-5-20(30(37)38)14-27(26)36(28)16-23-10-13-39-23/h1-7,14-15,19,23H,8-13,16-18H2,(H,37,38)/t23-/m1/s1. The van der Waals surface area contributed by atoms with E-state index in [4.69, 9.17) is 31.0 Å². The second-order valence-electron chi connectivity index (χ2n) is 10.4. The van der Waals surface area contributed by atoms with Crippen LogP contribution in [-0.2, 0) is 24.4 Å². The minimum atomic E-state index is -0.946. The summed E-state index contributed by atoms with van der Waals surface area (Å²) in [6.45, 7) is 3.97. The summed E-state index contributed by atoms with van der Waals surface area (Å²) in [6.07, 6.45) is 3.01. The topological polar surface area (TPSA) is 89.7 Å². The number of carboxylic acid groups (broad SMARTS) is 1. The van der Waals surface area contributed by atoms with E-state index >= 15 is 0 Å². The molecular formula is C30H30ClFN4O4. The number of likely N-dealkylation sites (tertiary alicyclic amines) is 1. The number of hydrogen-bond donors (Lipinski definition) is 1. The maximum atomic E-state index is 14.1. The molecule has 4 aromatic rings. The van der Waals surface area contributed by atoms with Crippen LogP contribution in [0.5, 0.6) is 5.88 Å². The third-order valence-corrected chi connectivity index (χ3v) is 8.00. The summed E-state index contributed by atoms with van der Waals surface area (Å²) in [6, 6.07) is 15.4. The summed E-state index contributed by atoms with van der Waals surface area (Å²) in [5.41, 5.74) is 3.30. The van der Waals surface area contributed by atoms with E-state index in [1.165, 1.54) is 6.07 Å². The second-order valence-corrected chi connectivity index (χ2v) is 10.8. The lowest BCUT2D eigenvalue weighted by molar-refractivity contribution is -0.0592. The summed E-state index contributed by atoms with van der Waals surface area (Å²) < 4.78 is 27.7. The van der Waals surface area contributed by atoms with Crippen molar-refractivity contribution in [1.82, 2.24) is 19.4 Å². The second kappa shape index (κ2) is 11.5. The molecular weight excluding hydrogens is 535 g/mol. The van der Waals surface area contributed by atoms with Crippen LogP contribution in [0.4, 0.5) is 4.39 Å². The zero-order chi connectivity index (χ0) is 27.6. The Morgan fingerprint density at radius 1 is 1.10 bits per heavy atom. The first-order chi connectivity index (χ1) is 19.4. The predicted molar refractivity (Wildman–Crippen MR) is 148 cm³/mol. The SMILES string of the molecule is O=C(O)c1ccc2nc(CN3CCC(c4cccc(OCc5ccc(Cl)cc5F)n4)CC3)n(C[C@H]3CCO3)c2c1. The quantitative estimate of drug-likeness (QED) is 0.280. The Morgan fingerprint density at radius 2 is 1.93 bits per heavy atom. The molecule has 40 heavy (non-hydrogen) atoms. The van der Waals surface area contributed by atoms with Gasteiger partial charge in [0.05, 0.1) is 35.8 Å². The first-order valence-corrected chi connectivity index (χ1v) is 13.9. The van der Waals surface area contributed by atoms with Gasteiger partial charge < -0.3 is 19.1 Å². The zero-order valence-corrected chi connectivity index (χ0v) is 22.7. The van der Waals surface area contributed by atoms with Gasteiger partial charge in [0.2, 0.25) is 5.88 Å². The number of halogens is 2. The van der Waals surface area contributed by atoms with E-state index in [1.807, 2.05) is 12.1 Å². The van der Waals surface area contributed by atoms with Gasteiger partial charge in [0.1, 0.15) is 18.2 Å². The zero-order valence-electron chi connectivity index (χ0n) is 21.9. The van der Waals surface area contributed by atoms with Gasteiger partial charge in [-0.25, -0.2) is 19.2 Å². The lowest BCUT2D eigenvalue weighted by atomic mass is 9.93. The summed E-state index contributed by atoms with van der Waals surface area (Å²) in [5, 5.41) is 9.84. The van der Waals surface area contributed by atoms with E-state index in [0.29, 0.717) is 35.5 Å². The van der Waals surface area contributed by atoms with E-state index in [-0.39, 0.29) is 18.3 Å². The number of aromatic nitrogens is 3. The summed E-state index contributed by atoms with van der Waals surface area (Å²) in [4.78, 5) is 23.5. The highest BCUT2D eigenvalue weighted by molar-refractivity contribution is 6.30. The molecule has 2 saturated heterocycles. The number of ether oxygens (including phenoxy) is 2. The molecule has 2 aromatic carbocycles. The largest absolute Gasteiger partial charge is 0.478 e. The van der Waals surface area contributed by atoms with Crippen molar-refractivity contribution in [3.05, 3.63) is 88.1 Å². The smallest absolute Gasteiger partial charge is 0.335 e. The Bertz CT molecular complexity index is 1530. The molecule has 8 nitrogen and oxygen atoms in total. The van der Waals surface area contributed by atoms with Crippen molar-refractivity contribution in [3.63, 3.8) is 0 Å². The van der Waals surface area contributed by atoms with Crippen LogP contribution in [0.2, 0.25) is 5.02 Å². The molecule has 0 spiro atoms. The molecule has 2 aromatic heterocycles. The van der Waals surface area contributed by atoms with E-state index in [0.717, 1.165) is 61.5 Å². The van der Waals surface area contributed by atoms with Gasteiger partial charge >= 0.3 is 5.97 Å². The number of piperidine rings is 1. The third-order valence-electron chi connectivity index (χ3n) is 7.76. The molecule has 1 N–H and O–H groups in total. The molecule has 0 unspecified atom stereocenters. The van der Waals surface area contributed by atoms with E-state index < -0.39 is 11.8 Å². The number of rotatable bonds is 9.